The van der Waals surface area contributed by atoms with Crippen molar-refractivity contribution in [2.24, 2.45) is 0 Å². The molecule has 25 heavy (non-hydrogen) atoms. The van der Waals surface area contributed by atoms with Crippen LogP contribution < -0.4 is 5.73 Å². The van der Waals surface area contributed by atoms with Crippen molar-refractivity contribution in [3.8, 4) is 5.69 Å². The Balaban J connectivity index is 2.35. The fourth-order valence-corrected chi connectivity index (χ4v) is 2.80. The second kappa shape index (κ2) is 6.27. The van der Waals surface area contributed by atoms with Crippen LogP contribution in [0.15, 0.2) is 42.5 Å². The van der Waals surface area contributed by atoms with Crippen LogP contribution in [0.3, 0.4) is 0 Å². The Kier molecular flexibility index (Phi) is 4.14. The number of fused-ring (bicyclic) bond motifs is 1. The van der Waals surface area contributed by atoms with Crippen LogP contribution in [-0.2, 0) is 4.74 Å². The third-order valence-corrected chi connectivity index (χ3v) is 3.97. The Hall–Kier alpha value is -3.35. The molecule has 0 aliphatic carbocycles. The van der Waals surface area contributed by atoms with Gasteiger partial charge in [0, 0.05) is 23.2 Å². The molecule has 0 unspecified atom stereocenters. The molecule has 0 fully saturated rings. The second-order valence-electron chi connectivity index (χ2n) is 5.61. The van der Waals surface area contributed by atoms with Gasteiger partial charge in [-0.25, -0.2) is 4.79 Å². The number of carbonyl (C=O) groups is 1. The molecule has 0 aliphatic heterocycles. The molecule has 128 valence electrons. The number of carbonyl (C=O) groups excluding carboxylic acids is 1. The van der Waals surface area contributed by atoms with E-state index in [2.05, 4.69) is 0 Å². The number of aromatic nitrogens is 1. The molecule has 2 aromatic carbocycles. The number of aryl methyl sites for hydroxylation is 1. The highest BCUT2D eigenvalue weighted by molar-refractivity contribution is 6.10. The van der Waals surface area contributed by atoms with Gasteiger partial charge in [0.05, 0.1) is 17.0 Å². The number of non-ortho nitro benzene ring substituents is 1. The molecule has 7 nitrogen and oxygen atoms in total. The summed E-state index contributed by atoms with van der Waals surface area (Å²) in [6, 6.07) is 11.8. The molecule has 1 heterocycles. The van der Waals surface area contributed by atoms with E-state index in [-0.39, 0.29) is 23.7 Å². The lowest BCUT2D eigenvalue weighted by Crippen LogP contribution is -2.08. The molecule has 0 saturated carbocycles. The number of anilines is 1. The molecular formula is C18H17N3O4. The molecular weight excluding hydrogens is 322 g/mol. The number of hydrogen-bond acceptors (Lipinski definition) is 5. The first-order valence-electron chi connectivity index (χ1n) is 7.76. The van der Waals surface area contributed by atoms with Crippen LogP contribution in [0, 0.1) is 17.0 Å². The highest BCUT2D eigenvalue weighted by Gasteiger charge is 2.24. The van der Waals surface area contributed by atoms with E-state index in [0.29, 0.717) is 16.6 Å². The molecule has 0 atom stereocenters. The number of rotatable bonds is 4. The van der Waals surface area contributed by atoms with E-state index < -0.39 is 10.9 Å². The van der Waals surface area contributed by atoms with Crippen LogP contribution in [0.1, 0.15) is 22.8 Å². The van der Waals surface area contributed by atoms with Crippen LogP contribution >= 0.6 is 0 Å². The van der Waals surface area contributed by atoms with Gasteiger partial charge in [0.2, 0.25) is 0 Å². The average Bonchev–Trinajstić information content (AvgIpc) is 2.87. The fraction of sp³-hybridized carbons (Fsp3) is 0.167. The number of nitrogens with zero attached hydrogens (tertiary/aromatic N) is 2. The van der Waals surface area contributed by atoms with Crippen LogP contribution in [0.4, 0.5) is 11.5 Å². The smallest absolute Gasteiger partial charge is 0.342 e. The summed E-state index contributed by atoms with van der Waals surface area (Å²) in [5.74, 6) is -0.359. The number of esters is 1. The number of nitrogen functional groups attached to an aromatic ring is 1. The summed E-state index contributed by atoms with van der Waals surface area (Å²) in [4.78, 5) is 23.0. The topological polar surface area (TPSA) is 100 Å². The number of hydrogen-bond donors (Lipinski definition) is 1. The van der Waals surface area contributed by atoms with E-state index in [0.717, 1.165) is 5.56 Å². The van der Waals surface area contributed by atoms with E-state index in [1.165, 1.54) is 18.2 Å². The van der Waals surface area contributed by atoms with Gasteiger partial charge in [-0.3, -0.25) is 14.7 Å². The number of ether oxygens (including phenoxy) is 1. The minimum atomic E-state index is -0.551. The van der Waals surface area contributed by atoms with E-state index >= 15 is 0 Å². The van der Waals surface area contributed by atoms with Crippen molar-refractivity contribution in [1.82, 2.24) is 4.57 Å². The highest BCUT2D eigenvalue weighted by Crippen LogP contribution is 2.34. The molecule has 1 aromatic heterocycles. The fourth-order valence-electron chi connectivity index (χ4n) is 2.80. The molecule has 3 rings (SSSR count). The average molecular weight is 339 g/mol. The standard InChI is InChI=1S/C18H17N3O4/c1-3-25-18(22)16-14-9-8-13(21(23)24)10-15(14)20(17(16)19)12-6-4-11(2)5-7-12/h4-10H,3,19H2,1-2H3. The minimum absolute atomic E-state index is 0.0752. The lowest BCUT2D eigenvalue weighted by Gasteiger charge is -2.09. The largest absolute Gasteiger partial charge is 0.462 e. The van der Waals surface area contributed by atoms with E-state index in [1.807, 2.05) is 31.2 Å². The molecule has 0 spiro atoms. The third-order valence-electron chi connectivity index (χ3n) is 3.97. The predicted molar refractivity (Wildman–Crippen MR) is 95.0 cm³/mol. The van der Waals surface area contributed by atoms with E-state index in [4.69, 9.17) is 10.5 Å². The summed E-state index contributed by atoms with van der Waals surface area (Å²) in [5, 5.41) is 11.7. The Bertz CT molecular complexity index is 974. The third kappa shape index (κ3) is 2.80. The van der Waals surface area contributed by atoms with E-state index in [9.17, 15) is 14.9 Å². The molecule has 0 saturated heterocycles. The van der Waals surface area contributed by atoms with Gasteiger partial charge in [0.25, 0.3) is 5.69 Å². The van der Waals surface area contributed by atoms with Gasteiger partial charge in [-0.1, -0.05) is 17.7 Å². The molecule has 0 radical (unpaired) electrons. The molecule has 7 heteroatoms. The summed E-state index contributed by atoms with van der Waals surface area (Å²) in [5.41, 5.74) is 8.64. The summed E-state index contributed by atoms with van der Waals surface area (Å²) >= 11 is 0. The molecule has 2 N–H and O–H groups in total. The van der Waals surface area contributed by atoms with Gasteiger partial charge in [0.15, 0.2) is 0 Å². The maximum absolute atomic E-state index is 12.3. The zero-order valence-corrected chi connectivity index (χ0v) is 13.9. The van der Waals surface area contributed by atoms with Crippen LogP contribution in [-0.4, -0.2) is 22.1 Å². The zero-order chi connectivity index (χ0) is 18.1. The van der Waals surface area contributed by atoms with Gasteiger partial charge >= 0.3 is 5.97 Å². The maximum atomic E-state index is 12.3. The van der Waals surface area contributed by atoms with E-state index in [1.54, 1.807) is 11.5 Å². The lowest BCUT2D eigenvalue weighted by atomic mass is 10.1. The maximum Gasteiger partial charge on any atom is 0.342 e. The predicted octanol–water partition coefficient (Wildman–Crippen LogP) is 3.61. The SMILES string of the molecule is CCOC(=O)c1c(N)n(-c2ccc(C)cc2)c2cc([N+](=O)[O-])ccc12. The summed E-state index contributed by atoms with van der Waals surface area (Å²) < 4.78 is 6.73. The number of nitro benzene ring substituents is 1. The van der Waals surface area contributed by atoms with Gasteiger partial charge in [-0.05, 0) is 32.0 Å². The summed E-state index contributed by atoms with van der Waals surface area (Å²) in [6.45, 7) is 3.87. The Morgan fingerprint density at radius 1 is 1.24 bits per heavy atom. The minimum Gasteiger partial charge on any atom is -0.462 e. The van der Waals surface area contributed by atoms with Gasteiger partial charge < -0.3 is 10.5 Å². The monoisotopic (exact) mass is 339 g/mol. The zero-order valence-electron chi connectivity index (χ0n) is 13.9. The first-order valence-corrected chi connectivity index (χ1v) is 7.76. The quantitative estimate of drug-likeness (QED) is 0.444. The number of benzene rings is 2. The van der Waals surface area contributed by atoms with Gasteiger partial charge in [0.1, 0.15) is 11.4 Å². The second-order valence-corrected chi connectivity index (χ2v) is 5.61. The van der Waals surface area contributed by atoms with Gasteiger partial charge in [-0.2, -0.15) is 0 Å². The highest BCUT2D eigenvalue weighted by atomic mass is 16.6. The van der Waals surface area contributed by atoms with Gasteiger partial charge in [-0.15, -0.1) is 0 Å². The van der Waals surface area contributed by atoms with Crippen molar-refractivity contribution in [1.29, 1.82) is 0 Å². The van der Waals surface area contributed by atoms with Crippen molar-refractivity contribution in [3.63, 3.8) is 0 Å². The first-order chi connectivity index (χ1) is 11.9. The molecule has 3 aromatic rings. The van der Waals surface area contributed by atoms with Crippen LogP contribution in [0.2, 0.25) is 0 Å². The molecule has 0 aliphatic rings. The van der Waals surface area contributed by atoms with Crippen LogP contribution in [0.25, 0.3) is 16.6 Å². The van der Waals surface area contributed by atoms with Crippen molar-refractivity contribution in [2.75, 3.05) is 12.3 Å². The normalized spacial score (nSPS) is 10.8. The summed E-state index contributed by atoms with van der Waals surface area (Å²) in [6.07, 6.45) is 0. The van der Waals surface area contributed by atoms with Crippen molar-refractivity contribution in [2.45, 2.75) is 13.8 Å². The Morgan fingerprint density at radius 3 is 2.52 bits per heavy atom. The van der Waals surface area contributed by atoms with Crippen LogP contribution in [0.5, 0.6) is 0 Å². The number of nitrogens with two attached hydrogens (primary N) is 1. The molecule has 0 amide bonds. The Labute approximate surface area is 143 Å². The lowest BCUT2D eigenvalue weighted by molar-refractivity contribution is -0.384. The Morgan fingerprint density at radius 2 is 1.92 bits per heavy atom. The van der Waals surface area contributed by atoms with Crippen molar-refractivity contribution >= 4 is 28.4 Å². The summed E-state index contributed by atoms with van der Waals surface area (Å²) in [7, 11) is 0. The van der Waals surface area contributed by atoms with Crippen molar-refractivity contribution < 1.29 is 14.5 Å². The first kappa shape index (κ1) is 16.5. The van der Waals surface area contributed by atoms with Crippen molar-refractivity contribution in [3.05, 3.63) is 63.7 Å². The number of nitro groups is 1. The molecule has 0 bridgehead atoms.